The molecule has 0 spiro atoms. The first-order chi connectivity index (χ1) is 9.91. The summed E-state index contributed by atoms with van der Waals surface area (Å²) in [6.07, 6.45) is 5.01. The first-order valence-corrected chi connectivity index (χ1v) is 8.57. The summed E-state index contributed by atoms with van der Waals surface area (Å²) in [5.41, 5.74) is 0.243. The number of ketones is 1. The Kier molecular flexibility index (Phi) is 8.95. The summed E-state index contributed by atoms with van der Waals surface area (Å²) >= 11 is 0. The Hall–Kier alpha value is -0.860. The van der Waals surface area contributed by atoms with E-state index >= 15 is 0 Å². The smallest absolute Gasteiger partial charge is 0.308 e. The van der Waals surface area contributed by atoms with E-state index in [2.05, 4.69) is 41.5 Å². The Morgan fingerprint density at radius 3 is 1.77 bits per heavy atom. The number of hydrogen-bond acceptors (Lipinski definition) is 3. The molecule has 0 atom stereocenters. The highest BCUT2D eigenvalue weighted by Crippen LogP contribution is 2.33. The van der Waals surface area contributed by atoms with Crippen LogP contribution < -0.4 is 0 Å². The predicted molar refractivity (Wildman–Crippen MR) is 91.7 cm³/mol. The molecule has 0 bridgehead atoms. The zero-order chi connectivity index (χ0) is 17.4. The van der Waals surface area contributed by atoms with Gasteiger partial charge < -0.3 is 9.53 Å². The minimum Gasteiger partial charge on any atom is -0.465 e. The van der Waals surface area contributed by atoms with Crippen molar-refractivity contribution < 1.29 is 14.3 Å². The predicted octanol–water partition coefficient (Wildman–Crippen LogP) is 5.17. The number of esters is 1. The number of ether oxygens (including phenoxy) is 1. The lowest BCUT2D eigenvalue weighted by Crippen LogP contribution is -2.27. The summed E-state index contributed by atoms with van der Waals surface area (Å²) in [5, 5.41) is 0. The molecule has 0 fully saturated rings. The molecule has 0 unspecified atom stereocenters. The van der Waals surface area contributed by atoms with Crippen LogP contribution in [-0.2, 0) is 14.3 Å². The molecule has 0 saturated heterocycles. The molecule has 0 saturated carbocycles. The van der Waals surface area contributed by atoms with Crippen LogP contribution in [0.5, 0.6) is 0 Å². The Bertz CT molecular complexity index is 329. The van der Waals surface area contributed by atoms with Gasteiger partial charge in [0.25, 0.3) is 0 Å². The molecule has 0 aromatic heterocycles. The molecule has 0 aliphatic carbocycles. The first-order valence-electron chi connectivity index (χ1n) is 8.57. The minimum absolute atomic E-state index is 0.0304. The number of Topliss-reactive ketones (excluding diaryl/α,β-unsaturated/α-hetero) is 1. The molecular formula is C19H36O3. The zero-order valence-electron chi connectivity index (χ0n) is 15.8. The van der Waals surface area contributed by atoms with Crippen LogP contribution in [0.2, 0.25) is 0 Å². The lowest BCUT2D eigenvalue weighted by Gasteiger charge is -2.29. The van der Waals surface area contributed by atoms with Crippen LogP contribution in [-0.4, -0.2) is 18.4 Å². The third-order valence-electron chi connectivity index (χ3n) is 3.47. The molecule has 0 aromatic carbocycles. The van der Waals surface area contributed by atoms with Gasteiger partial charge in [0.2, 0.25) is 0 Å². The molecule has 3 heteroatoms. The van der Waals surface area contributed by atoms with E-state index in [9.17, 15) is 9.59 Å². The Morgan fingerprint density at radius 1 is 0.864 bits per heavy atom. The molecule has 0 amide bonds. The summed E-state index contributed by atoms with van der Waals surface area (Å²) in [6.45, 7) is 15.1. The highest BCUT2D eigenvalue weighted by Gasteiger charge is 2.30. The average Bonchev–Trinajstić information content (AvgIpc) is 2.28. The molecule has 0 aromatic rings. The van der Waals surface area contributed by atoms with Crippen LogP contribution in [0.4, 0.5) is 0 Å². The highest BCUT2D eigenvalue weighted by molar-refractivity contribution is 5.75. The van der Waals surface area contributed by atoms with Crippen molar-refractivity contribution in [3.05, 3.63) is 0 Å². The summed E-state index contributed by atoms with van der Waals surface area (Å²) in [5.74, 6) is 0.140. The van der Waals surface area contributed by atoms with Crippen molar-refractivity contribution >= 4 is 11.8 Å². The van der Waals surface area contributed by atoms with Gasteiger partial charge in [-0.2, -0.15) is 0 Å². The second-order valence-corrected chi connectivity index (χ2v) is 8.91. The van der Waals surface area contributed by atoms with Gasteiger partial charge in [0.1, 0.15) is 5.78 Å². The van der Waals surface area contributed by atoms with Gasteiger partial charge in [-0.3, -0.25) is 4.79 Å². The average molecular weight is 312 g/mol. The molecule has 0 heterocycles. The first kappa shape index (κ1) is 21.1. The van der Waals surface area contributed by atoms with Crippen LogP contribution in [0.1, 0.15) is 87.0 Å². The van der Waals surface area contributed by atoms with Gasteiger partial charge in [-0.1, -0.05) is 41.5 Å². The van der Waals surface area contributed by atoms with Crippen LogP contribution in [0.25, 0.3) is 0 Å². The SMILES string of the molecule is CC(=O)CCCCCOC(=O)C(CC(C)(C)C)CC(C)(C)C. The van der Waals surface area contributed by atoms with E-state index in [4.69, 9.17) is 4.74 Å². The number of rotatable bonds is 9. The topological polar surface area (TPSA) is 43.4 Å². The summed E-state index contributed by atoms with van der Waals surface area (Å²) in [4.78, 5) is 23.2. The Morgan fingerprint density at radius 2 is 1.36 bits per heavy atom. The van der Waals surface area contributed by atoms with Crippen molar-refractivity contribution in [3.8, 4) is 0 Å². The molecule has 0 rings (SSSR count). The third kappa shape index (κ3) is 12.8. The maximum Gasteiger partial charge on any atom is 0.308 e. The standard InChI is InChI=1S/C19H36O3/c1-15(20)11-9-8-10-12-22-17(21)16(13-18(2,3)4)14-19(5,6)7/h16H,8-14H2,1-7H3. The molecule has 0 N–H and O–H groups in total. The molecule has 0 aliphatic rings. The number of hydrogen-bond donors (Lipinski definition) is 0. The maximum absolute atomic E-state index is 12.4. The molecule has 22 heavy (non-hydrogen) atoms. The van der Waals surface area contributed by atoms with E-state index in [1.165, 1.54) is 0 Å². The second kappa shape index (κ2) is 9.32. The minimum atomic E-state index is -0.0589. The highest BCUT2D eigenvalue weighted by atomic mass is 16.5. The summed E-state index contributed by atoms with van der Waals surface area (Å²) in [6, 6.07) is 0. The molecule has 0 radical (unpaired) electrons. The van der Waals surface area contributed by atoms with E-state index < -0.39 is 0 Å². The van der Waals surface area contributed by atoms with Crippen molar-refractivity contribution in [2.75, 3.05) is 6.61 Å². The van der Waals surface area contributed by atoms with E-state index in [0.717, 1.165) is 32.1 Å². The van der Waals surface area contributed by atoms with E-state index in [-0.39, 0.29) is 28.5 Å². The van der Waals surface area contributed by atoms with Gasteiger partial charge in [0.05, 0.1) is 12.5 Å². The van der Waals surface area contributed by atoms with Gasteiger partial charge in [0, 0.05) is 6.42 Å². The Labute approximate surface area is 137 Å². The van der Waals surface area contributed by atoms with Crippen molar-refractivity contribution in [3.63, 3.8) is 0 Å². The molecule has 3 nitrogen and oxygen atoms in total. The van der Waals surface area contributed by atoms with Gasteiger partial charge in [-0.05, 0) is 49.9 Å². The van der Waals surface area contributed by atoms with E-state index in [0.29, 0.717) is 13.0 Å². The number of carbonyl (C=O) groups excluding carboxylic acids is 2. The maximum atomic E-state index is 12.4. The van der Waals surface area contributed by atoms with Crippen LogP contribution in [0.15, 0.2) is 0 Å². The van der Waals surface area contributed by atoms with Crippen LogP contribution >= 0.6 is 0 Å². The number of unbranched alkanes of at least 4 members (excludes halogenated alkanes) is 2. The molecule has 0 aliphatic heterocycles. The van der Waals surface area contributed by atoms with Crippen LogP contribution in [0, 0.1) is 16.7 Å². The van der Waals surface area contributed by atoms with Gasteiger partial charge in [0.15, 0.2) is 0 Å². The fourth-order valence-corrected chi connectivity index (χ4v) is 2.66. The van der Waals surface area contributed by atoms with Crippen molar-refractivity contribution in [2.45, 2.75) is 87.0 Å². The monoisotopic (exact) mass is 312 g/mol. The van der Waals surface area contributed by atoms with Crippen molar-refractivity contribution in [1.29, 1.82) is 0 Å². The van der Waals surface area contributed by atoms with E-state index in [1.807, 2.05) is 0 Å². The molecular weight excluding hydrogens is 276 g/mol. The second-order valence-electron chi connectivity index (χ2n) is 8.91. The Balaban J connectivity index is 4.25. The van der Waals surface area contributed by atoms with Crippen molar-refractivity contribution in [1.82, 2.24) is 0 Å². The van der Waals surface area contributed by atoms with Gasteiger partial charge >= 0.3 is 5.97 Å². The summed E-state index contributed by atoms with van der Waals surface area (Å²) in [7, 11) is 0. The lowest BCUT2D eigenvalue weighted by atomic mass is 9.77. The summed E-state index contributed by atoms with van der Waals surface area (Å²) < 4.78 is 5.48. The fraction of sp³-hybridized carbons (Fsp3) is 0.895. The quantitative estimate of drug-likeness (QED) is 0.436. The normalized spacial score (nSPS) is 12.5. The molecule has 130 valence electrons. The largest absolute Gasteiger partial charge is 0.465 e. The zero-order valence-corrected chi connectivity index (χ0v) is 15.8. The van der Waals surface area contributed by atoms with E-state index in [1.54, 1.807) is 6.92 Å². The van der Waals surface area contributed by atoms with Crippen LogP contribution in [0.3, 0.4) is 0 Å². The van der Waals surface area contributed by atoms with Crippen molar-refractivity contribution in [2.24, 2.45) is 16.7 Å². The lowest BCUT2D eigenvalue weighted by molar-refractivity contribution is -0.151. The number of carbonyl (C=O) groups is 2. The third-order valence-corrected chi connectivity index (χ3v) is 3.47. The van der Waals surface area contributed by atoms with Gasteiger partial charge in [-0.25, -0.2) is 0 Å². The fourth-order valence-electron chi connectivity index (χ4n) is 2.66. The van der Waals surface area contributed by atoms with Gasteiger partial charge in [-0.15, -0.1) is 0 Å².